The smallest absolute Gasteiger partial charge is 0.00139 e. The zero-order valence-corrected chi connectivity index (χ0v) is 30.6. The van der Waals surface area contributed by atoms with Gasteiger partial charge in [0.1, 0.15) is 0 Å². The van der Waals surface area contributed by atoms with Crippen molar-refractivity contribution in [2.75, 3.05) is 0 Å². The van der Waals surface area contributed by atoms with Gasteiger partial charge in [0, 0.05) is 0 Å². The first-order valence-corrected chi connectivity index (χ1v) is 19.5. The lowest BCUT2D eigenvalue weighted by Crippen LogP contribution is -1.95. The van der Waals surface area contributed by atoms with Gasteiger partial charge in [-0.25, -0.2) is 0 Å². The van der Waals surface area contributed by atoms with Crippen molar-refractivity contribution >= 4 is 86.2 Å². The highest BCUT2D eigenvalue weighted by molar-refractivity contribution is 6.31. The summed E-state index contributed by atoms with van der Waals surface area (Å²) in [4.78, 5) is 0. The van der Waals surface area contributed by atoms with E-state index in [0.29, 0.717) is 0 Å². The first-order chi connectivity index (χ1) is 27.8. The molecule has 0 saturated carbocycles. The van der Waals surface area contributed by atoms with Crippen molar-refractivity contribution < 1.29 is 0 Å². The molecule has 0 unspecified atom stereocenters. The van der Waals surface area contributed by atoms with Crippen LogP contribution in [0.2, 0.25) is 0 Å². The predicted octanol–water partition coefficient (Wildman–Crippen LogP) is 15.9. The van der Waals surface area contributed by atoms with Crippen LogP contribution in [0.1, 0.15) is 0 Å². The van der Waals surface area contributed by atoms with Gasteiger partial charge < -0.3 is 0 Å². The molecule has 0 fully saturated rings. The van der Waals surface area contributed by atoms with Crippen molar-refractivity contribution in [3.8, 4) is 33.4 Å². The summed E-state index contributed by atoms with van der Waals surface area (Å²) in [5.41, 5.74) is 7.61. The summed E-state index contributed by atoms with van der Waals surface area (Å²) in [6, 6.07) is 76.7. The molecule has 0 aliphatic heterocycles. The highest BCUT2D eigenvalue weighted by Crippen LogP contribution is 2.50. The molecule has 0 N–H and O–H groups in total. The summed E-state index contributed by atoms with van der Waals surface area (Å²) < 4.78 is 0. The largest absolute Gasteiger partial charge is 0.0616 e. The number of benzene rings is 12. The predicted molar refractivity (Wildman–Crippen MR) is 243 cm³/mol. The van der Waals surface area contributed by atoms with Crippen LogP contribution in [-0.4, -0.2) is 0 Å². The van der Waals surface area contributed by atoms with Crippen molar-refractivity contribution in [3.05, 3.63) is 206 Å². The van der Waals surface area contributed by atoms with Crippen molar-refractivity contribution in [2.24, 2.45) is 0 Å². The molecule has 0 bridgehead atoms. The van der Waals surface area contributed by atoms with Gasteiger partial charge >= 0.3 is 0 Å². The van der Waals surface area contributed by atoms with E-state index >= 15 is 0 Å². The number of fused-ring (bicyclic) bond motifs is 11. The quantitative estimate of drug-likeness (QED) is 0.127. The Morgan fingerprint density at radius 1 is 0.161 bits per heavy atom. The number of hydrogen-bond donors (Lipinski definition) is 0. The van der Waals surface area contributed by atoms with Crippen molar-refractivity contribution in [2.45, 2.75) is 0 Å². The zero-order valence-electron chi connectivity index (χ0n) is 30.6. The van der Waals surface area contributed by atoms with Crippen LogP contribution in [0.25, 0.3) is 120 Å². The minimum Gasteiger partial charge on any atom is -0.0616 e. The van der Waals surface area contributed by atoms with Crippen LogP contribution in [0.5, 0.6) is 0 Å². The minimum absolute atomic E-state index is 1.23. The summed E-state index contributed by atoms with van der Waals surface area (Å²) in [5, 5.41) is 20.4. The van der Waals surface area contributed by atoms with E-state index in [9.17, 15) is 0 Å². The highest BCUT2D eigenvalue weighted by Gasteiger charge is 2.23. The van der Waals surface area contributed by atoms with Gasteiger partial charge in [-0.15, -0.1) is 0 Å². The average Bonchev–Trinajstić information content (AvgIpc) is 3.27. The summed E-state index contributed by atoms with van der Waals surface area (Å²) in [7, 11) is 0. The van der Waals surface area contributed by atoms with Crippen molar-refractivity contribution in [3.63, 3.8) is 0 Å². The molecule has 0 atom stereocenters. The first-order valence-electron chi connectivity index (χ1n) is 19.5. The van der Waals surface area contributed by atoms with Gasteiger partial charge in [0.25, 0.3) is 0 Å². The standard InChI is InChI=1S/C56H34/c1-2-16-36-33-37(30-29-35(36)15-1)53-44-21-7-11-25-48(44)55(49-26-12-8-22-45(49)53)56-50-27-13-9-23-46(50)54(47-24-10-14-28-51(47)56)38-31-32-43-41-19-4-3-17-39(41)40-18-5-6-20-42(40)52(43)34-38/h1-34H. The second kappa shape index (κ2) is 12.1. The van der Waals surface area contributed by atoms with Gasteiger partial charge in [-0.2, -0.15) is 0 Å². The van der Waals surface area contributed by atoms with Gasteiger partial charge in [-0.05, 0) is 132 Å². The number of rotatable bonds is 3. The van der Waals surface area contributed by atoms with Gasteiger partial charge in [-0.1, -0.05) is 194 Å². The van der Waals surface area contributed by atoms with Gasteiger partial charge in [0.2, 0.25) is 0 Å². The molecule has 0 radical (unpaired) electrons. The Morgan fingerprint density at radius 2 is 0.446 bits per heavy atom. The third-order valence-electron chi connectivity index (χ3n) is 12.2. The molecule has 0 heterocycles. The van der Waals surface area contributed by atoms with E-state index in [-0.39, 0.29) is 0 Å². The third-order valence-corrected chi connectivity index (χ3v) is 12.2. The Bertz CT molecular complexity index is 3440. The Kier molecular flexibility index (Phi) is 6.73. The summed E-state index contributed by atoms with van der Waals surface area (Å²) >= 11 is 0. The van der Waals surface area contributed by atoms with Crippen LogP contribution in [0.15, 0.2) is 206 Å². The zero-order chi connectivity index (χ0) is 36.7. The van der Waals surface area contributed by atoms with E-state index in [4.69, 9.17) is 0 Å². The second-order valence-corrected chi connectivity index (χ2v) is 15.1. The van der Waals surface area contributed by atoms with E-state index in [1.165, 1.54) is 120 Å². The van der Waals surface area contributed by atoms with Crippen LogP contribution in [0.3, 0.4) is 0 Å². The van der Waals surface area contributed by atoms with E-state index in [0.717, 1.165) is 0 Å². The highest BCUT2D eigenvalue weighted by atomic mass is 14.3. The van der Waals surface area contributed by atoms with Gasteiger partial charge in [-0.3, -0.25) is 0 Å². The molecular formula is C56H34. The van der Waals surface area contributed by atoms with Gasteiger partial charge in [0.05, 0.1) is 0 Å². The van der Waals surface area contributed by atoms with Crippen molar-refractivity contribution in [1.29, 1.82) is 0 Å². The van der Waals surface area contributed by atoms with Crippen LogP contribution < -0.4 is 0 Å². The van der Waals surface area contributed by atoms with E-state index < -0.39 is 0 Å². The van der Waals surface area contributed by atoms with Crippen molar-refractivity contribution in [1.82, 2.24) is 0 Å². The molecular weight excluding hydrogens is 673 g/mol. The summed E-state index contributed by atoms with van der Waals surface area (Å²) in [6.07, 6.45) is 0. The molecule has 0 heteroatoms. The molecule has 0 saturated heterocycles. The molecule has 0 aliphatic rings. The molecule has 258 valence electrons. The SMILES string of the molecule is c1ccc2cc(-c3c4ccccc4c(-c4c5ccccc5c(-c5ccc6c7ccccc7c7ccccc7c6c5)c5ccccc45)c4ccccc34)ccc2c1. The summed E-state index contributed by atoms with van der Waals surface area (Å²) in [5.74, 6) is 0. The van der Waals surface area contributed by atoms with E-state index in [1.54, 1.807) is 0 Å². The molecule has 0 spiro atoms. The van der Waals surface area contributed by atoms with Crippen LogP contribution in [0, 0.1) is 0 Å². The lowest BCUT2D eigenvalue weighted by atomic mass is 9.80. The Hall–Kier alpha value is -7.28. The molecule has 12 rings (SSSR count). The maximum absolute atomic E-state index is 2.45. The van der Waals surface area contributed by atoms with E-state index in [2.05, 4.69) is 206 Å². The van der Waals surface area contributed by atoms with Crippen LogP contribution >= 0.6 is 0 Å². The van der Waals surface area contributed by atoms with Crippen LogP contribution in [0.4, 0.5) is 0 Å². The molecule has 0 aromatic heterocycles. The molecule has 0 amide bonds. The topological polar surface area (TPSA) is 0 Å². The van der Waals surface area contributed by atoms with E-state index in [1.807, 2.05) is 0 Å². The fraction of sp³-hybridized carbons (Fsp3) is 0. The Balaban J connectivity index is 1.20. The molecule has 56 heavy (non-hydrogen) atoms. The fourth-order valence-corrected chi connectivity index (χ4v) is 9.83. The monoisotopic (exact) mass is 706 g/mol. The first kappa shape index (κ1) is 31.1. The average molecular weight is 707 g/mol. The fourth-order valence-electron chi connectivity index (χ4n) is 9.83. The minimum atomic E-state index is 1.23. The molecule has 0 aliphatic carbocycles. The molecule has 0 nitrogen and oxygen atoms in total. The second-order valence-electron chi connectivity index (χ2n) is 15.1. The van der Waals surface area contributed by atoms with Crippen LogP contribution in [-0.2, 0) is 0 Å². The maximum atomic E-state index is 2.45. The number of hydrogen-bond acceptors (Lipinski definition) is 0. The lowest BCUT2D eigenvalue weighted by molar-refractivity contribution is 1.68. The Labute approximate surface area is 324 Å². The molecule has 12 aromatic carbocycles. The molecule has 12 aromatic rings. The summed E-state index contributed by atoms with van der Waals surface area (Å²) in [6.45, 7) is 0. The maximum Gasteiger partial charge on any atom is -0.00139 e. The third kappa shape index (κ3) is 4.48. The normalized spacial score (nSPS) is 11.9. The van der Waals surface area contributed by atoms with Gasteiger partial charge in [0.15, 0.2) is 0 Å². The lowest BCUT2D eigenvalue weighted by Gasteiger charge is -2.22. The Morgan fingerprint density at radius 3 is 0.875 bits per heavy atom.